The molecule has 0 saturated heterocycles. The van der Waals surface area contributed by atoms with Crippen molar-refractivity contribution in [3.05, 3.63) is 55.7 Å². The molecule has 1 aromatic carbocycles. The number of hydrogen-bond donors (Lipinski definition) is 3. The highest BCUT2D eigenvalue weighted by Crippen LogP contribution is 2.36. The lowest BCUT2D eigenvalue weighted by atomic mass is 9.88. The van der Waals surface area contributed by atoms with Gasteiger partial charge in [0.25, 0.3) is 11.1 Å². The number of benzene rings is 1. The van der Waals surface area contributed by atoms with Gasteiger partial charge in [0.2, 0.25) is 6.79 Å². The van der Waals surface area contributed by atoms with Gasteiger partial charge in [-0.05, 0) is 19.1 Å². The Morgan fingerprint density at radius 3 is 2.56 bits per heavy atom. The Balaban J connectivity index is 1.91. The summed E-state index contributed by atoms with van der Waals surface area (Å²) in [6.45, 7) is 1.82. The Morgan fingerprint density at radius 1 is 1.15 bits per heavy atom. The van der Waals surface area contributed by atoms with E-state index in [1.165, 1.54) is 7.11 Å². The number of methoxy groups -OCH3 is 1. The summed E-state index contributed by atoms with van der Waals surface area (Å²) in [5.41, 5.74) is 0.969. The Labute approximate surface area is 152 Å². The zero-order chi connectivity index (χ0) is 19.1. The fourth-order valence-electron chi connectivity index (χ4n) is 3.36. The second-order valence-electron chi connectivity index (χ2n) is 6.30. The molecule has 2 aromatic heterocycles. The number of H-pyrrole nitrogens is 3. The molecule has 9 nitrogen and oxygen atoms in total. The lowest BCUT2D eigenvalue weighted by Crippen LogP contribution is -2.23. The number of fused-ring (bicyclic) bond motifs is 2. The normalized spacial score (nSPS) is 13.7. The van der Waals surface area contributed by atoms with E-state index in [0.717, 1.165) is 0 Å². The van der Waals surface area contributed by atoms with Crippen LogP contribution in [0, 0.1) is 6.92 Å². The quantitative estimate of drug-likeness (QED) is 0.593. The molecule has 27 heavy (non-hydrogen) atoms. The molecule has 1 aliphatic rings. The van der Waals surface area contributed by atoms with Gasteiger partial charge in [-0.1, -0.05) is 0 Å². The number of carbonyl (C=O) groups excluding carboxylic acids is 1. The number of carbonyl (C=O) groups is 1. The summed E-state index contributed by atoms with van der Waals surface area (Å²) >= 11 is 0. The molecular formula is C18H17N3O6. The minimum Gasteiger partial charge on any atom is -0.469 e. The molecule has 0 radical (unpaired) electrons. The van der Waals surface area contributed by atoms with Crippen LogP contribution in [0.2, 0.25) is 0 Å². The molecule has 0 bridgehead atoms. The zero-order valence-corrected chi connectivity index (χ0v) is 14.7. The van der Waals surface area contributed by atoms with Gasteiger partial charge in [-0.25, -0.2) is 0 Å². The van der Waals surface area contributed by atoms with Crippen molar-refractivity contribution in [1.82, 2.24) is 15.2 Å². The summed E-state index contributed by atoms with van der Waals surface area (Å²) in [5, 5.41) is 5.92. The largest absolute Gasteiger partial charge is 0.469 e. The fraction of sp³-hybridized carbons (Fsp3) is 0.278. The van der Waals surface area contributed by atoms with Crippen LogP contribution in [-0.4, -0.2) is 35.1 Å². The van der Waals surface area contributed by atoms with E-state index in [9.17, 15) is 14.4 Å². The second-order valence-corrected chi connectivity index (χ2v) is 6.30. The van der Waals surface area contributed by atoms with Gasteiger partial charge in [-0.15, -0.1) is 0 Å². The molecule has 1 atom stereocenters. The third-order valence-electron chi connectivity index (χ3n) is 4.70. The molecule has 3 N–H and O–H groups in total. The molecule has 3 heterocycles. The maximum atomic E-state index is 12.8. The Bertz CT molecular complexity index is 1160. The topological polar surface area (TPSA) is 126 Å². The van der Waals surface area contributed by atoms with Crippen LogP contribution in [0.5, 0.6) is 11.5 Å². The summed E-state index contributed by atoms with van der Waals surface area (Å²) in [5.74, 6) is -0.160. The van der Waals surface area contributed by atoms with Gasteiger partial charge in [-0.2, -0.15) is 0 Å². The van der Waals surface area contributed by atoms with E-state index < -0.39 is 17.4 Å². The van der Waals surface area contributed by atoms with Crippen LogP contribution in [0.4, 0.5) is 0 Å². The zero-order valence-electron chi connectivity index (χ0n) is 14.7. The maximum Gasteiger partial charge on any atom is 0.306 e. The molecule has 0 amide bonds. The number of rotatable bonds is 4. The Morgan fingerprint density at radius 2 is 1.89 bits per heavy atom. The number of hydrogen-bond acceptors (Lipinski definition) is 6. The minimum absolute atomic E-state index is 0.117. The molecule has 0 saturated carbocycles. The van der Waals surface area contributed by atoms with Crippen LogP contribution in [0.3, 0.4) is 0 Å². The van der Waals surface area contributed by atoms with Gasteiger partial charge in [0, 0.05) is 34.2 Å². The SMILES string of the molecule is COC(=O)CC(c1cc2cc3c(cc2[nH]c1=O)OCO3)c1c(C)[nH][nH]c1=O. The predicted molar refractivity (Wildman–Crippen MR) is 95.3 cm³/mol. The van der Waals surface area contributed by atoms with E-state index in [4.69, 9.17) is 14.2 Å². The first kappa shape index (κ1) is 17.0. The van der Waals surface area contributed by atoms with Crippen molar-refractivity contribution in [3.63, 3.8) is 0 Å². The van der Waals surface area contributed by atoms with Gasteiger partial charge in [-0.3, -0.25) is 19.5 Å². The van der Waals surface area contributed by atoms with Crippen molar-refractivity contribution in [2.75, 3.05) is 13.9 Å². The number of aromatic amines is 3. The van der Waals surface area contributed by atoms with Crippen molar-refractivity contribution in [3.8, 4) is 11.5 Å². The molecule has 0 spiro atoms. The lowest BCUT2D eigenvalue weighted by molar-refractivity contribution is -0.140. The van der Waals surface area contributed by atoms with Gasteiger partial charge >= 0.3 is 5.97 Å². The monoisotopic (exact) mass is 371 g/mol. The highest BCUT2D eigenvalue weighted by molar-refractivity contribution is 5.83. The minimum atomic E-state index is -0.758. The van der Waals surface area contributed by atoms with Crippen LogP contribution in [0.25, 0.3) is 10.9 Å². The smallest absolute Gasteiger partial charge is 0.306 e. The van der Waals surface area contributed by atoms with Gasteiger partial charge in [0.05, 0.1) is 19.0 Å². The first-order valence-corrected chi connectivity index (χ1v) is 8.28. The van der Waals surface area contributed by atoms with Crippen molar-refractivity contribution < 1.29 is 19.0 Å². The van der Waals surface area contributed by atoms with E-state index in [1.54, 1.807) is 25.1 Å². The molecule has 3 aromatic rings. The van der Waals surface area contributed by atoms with Crippen LogP contribution in [0.1, 0.15) is 29.2 Å². The van der Waals surface area contributed by atoms with E-state index in [2.05, 4.69) is 15.2 Å². The second kappa shape index (κ2) is 6.35. The highest BCUT2D eigenvalue weighted by Gasteiger charge is 2.27. The predicted octanol–water partition coefficient (Wildman–Crippen LogP) is 1.28. The molecule has 9 heteroatoms. The van der Waals surface area contributed by atoms with Crippen molar-refractivity contribution in [2.24, 2.45) is 0 Å². The van der Waals surface area contributed by atoms with Crippen molar-refractivity contribution in [1.29, 1.82) is 0 Å². The third kappa shape index (κ3) is 2.86. The molecule has 0 fully saturated rings. The average Bonchev–Trinajstić information content (AvgIpc) is 3.23. The molecular weight excluding hydrogens is 354 g/mol. The summed E-state index contributed by atoms with van der Waals surface area (Å²) < 4.78 is 15.5. The Kier molecular flexibility index (Phi) is 3.98. The van der Waals surface area contributed by atoms with E-state index in [-0.39, 0.29) is 18.8 Å². The van der Waals surface area contributed by atoms with Gasteiger partial charge < -0.3 is 24.3 Å². The molecule has 0 aliphatic carbocycles. The number of ether oxygens (including phenoxy) is 3. The third-order valence-corrected chi connectivity index (χ3v) is 4.70. The average molecular weight is 371 g/mol. The van der Waals surface area contributed by atoms with Gasteiger partial charge in [0.1, 0.15) is 0 Å². The maximum absolute atomic E-state index is 12.8. The summed E-state index contributed by atoms with van der Waals surface area (Å²) in [4.78, 5) is 39.8. The Hall–Kier alpha value is -3.49. The number of aromatic nitrogens is 3. The molecule has 140 valence electrons. The summed E-state index contributed by atoms with van der Waals surface area (Å²) in [6, 6.07) is 5.10. The van der Waals surface area contributed by atoms with E-state index >= 15 is 0 Å². The van der Waals surface area contributed by atoms with Crippen LogP contribution in [-0.2, 0) is 9.53 Å². The lowest BCUT2D eigenvalue weighted by Gasteiger charge is -2.15. The van der Waals surface area contributed by atoms with E-state index in [0.29, 0.717) is 39.2 Å². The first-order chi connectivity index (χ1) is 13.0. The summed E-state index contributed by atoms with van der Waals surface area (Å²) in [7, 11) is 1.26. The first-order valence-electron chi connectivity index (χ1n) is 8.28. The molecule has 1 aliphatic heterocycles. The number of nitrogens with one attached hydrogen (secondary N) is 3. The highest BCUT2D eigenvalue weighted by atomic mass is 16.7. The van der Waals surface area contributed by atoms with E-state index in [1.807, 2.05) is 0 Å². The van der Waals surface area contributed by atoms with Crippen molar-refractivity contribution in [2.45, 2.75) is 19.3 Å². The van der Waals surface area contributed by atoms with Crippen molar-refractivity contribution >= 4 is 16.9 Å². The fourth-order valence-corrected chi connectivity index (χ4v) is 3.36. The van der Waals surface area contributed by atoms with Gasteiger partial charge in [0.15, 0.2) is 11.5 Å². The van der Waals surface area contributed by atoms with Crippen LogP contribution >= 0.6 is 0 Å². The van der Waals surface area contributed by atoms with Crippen LogP contribution < -0.4 is 20.6 Å². The molecule has 1 unspecified atom stereocenters. The van der Waals surface area contributed by atoms with Crippen LogP contribution in [0.15, 0.2) is 27.8 Å². The summed E-state index contributed by atoms with van der Waals surface area (Å²) in [6.07, 6.45) is -0.141. The number of aryl methyl sites for hydroxylation is 1. The number of esters is 1. The standard InChI is InChI=1S/C18H17N3O6/c1-8-16(18(24)21-20-8)10(5-15(22)25-2)11-3-9-4-13-14(27-7-26-13)6-12(9)19-17(11)23/h3-4,6,10H,5,7H2,1-2H3,(H,19,23)(H2,20,21,24). The molecule has 4 rings (SSSR count). The number of pyridine rings is 1.